The summed E-state index contributed by atoms with van der Waals surface area (Å²) in [5.74, 6) is -0.384. The number of carbonyl (C=O) groups is 1. The van der Waals surface area contributed by atoms with Gasteiger partial charge in [-0.2, -0.15) is 4.31 Å². The number of hydrogen-bond donors (Lipinski definition) is 1. The van der Waals surface area contributed by atoms with Crippen molar-refractivity contribution in [2.45, 2.75) is 30.7 Å². The van der Waals surface area contributed by atoms with Crippen LogP contribution in [0.1, 0.15) is 30.1 Å². The van der Waals surface area contributed by atoms with Gasteiger partial charge in [-0.25, -0.2) is 13.2 Å². The van der Waals surface area contributed by atoms with Gasteiger partial charge in [0.2, 0.25) is 10.0 Å². The number of benzene rings is 1. The second-order valence-electron chi connectivity index (χ2n) is 5.62. The smallest absolute Gasteiger partial charge is 0.341 e. The molecule has 0 radical (unpaired) electrons. The van der Waals surface area contributed by atoms with Crippen LogP contribution in [0.4, 0.5) is 0 Å². The summed E-state index contributed by atoms with van der Waals surface area (Å²) in [4.78, 5) is 11.8. The Morgan fingerprint density at radius 2 is 2.08 bits per heavy atom. The number of rotatable bonds is 7. The number of halogens is 1. The molecule has 0 saturated carbocycles. The number of hydrogen-bond acceptors (Lipinski definition) is 6. The Kier molecular flexibility index (Phi) is 8.14. The molecule has 1 fully saturated rings. The van der Waals surface area contributed by atoms with Crippen LogP contribution in [0.3, 0.4) is 0 Å². The second-order valence-corrected chi connectivity index (χ2v) is 7.51. The monoisotopic (exact) mass is 392 g/mol. The van der Waals surface area contributed by atoms with Crippen LogP contribution in [-0.2, 0) is 14.8 Å². The predicted molar refractivity (Wildman–Crippen MR) is 97.0 cm³/mol. The van der Waals surface area contributed by atoms with Gasteiger partial charge in [0.25, 0.3) is 0 Å². The normalized spacial score (nSPS) is 17.2. The summed E-state index contributed by atoms with van der Waals surface area (Å²) in [6.45, 7) is 3.86. The van der Waals surface area contributed by atoms with Gasteiger partial charge in [-0.15, -0.1) is 12.4 Å². The highest BCUT2D eigenvalue weighted by Crippen LogP contribution is 2.27. The van der Waals surface area contributed by atoms with Gasteiger partial charge in [-0.1, -0.05) is 6.92 Å². The molecule has 0 aromatic heterocycles. The number of carbonyl (C=O) groups excluding carboxylic acids is 1. The van der Waals surface area contributed by atoms with Crippen LogP contribution in [0.5, 0.6) is 5.75 Å². The number of sulfonamides is 1. The van der Waals surface area contributed by atoms with Crippen molar-refractivity contribution in [3.8, 4) is 5.75 Å². The minimum absolute atomic E-state index is 0. The molecule has 0 spiro atoms. The molecule has 1 N–H and O–H groups in total. The molecule has 25 heavy (non-hydrogen) atoms. The fourth-order valence-corrected chi connectivity index (χ4v) is 4.61. The van der Waals surface area contributed by atoms with Crippen molar-refractivity contribution in [2.24, 2.45) is 0 Å². The summed E-state index contributed by atoms with van der Waals surface area (Å²) in [7, 11) is -1.01. The Morgan fingerprint density at radius 1 is 1.36 bits per heavy atom. The third-order valence-corrected chi connectivity index (χ3v) is 6.02. The summed E-state index contributed by atoms with van der Waals surface area (Å²) >= 11 is 0. The molecule has 1 atom stereocenters. The van der Waals surface area contributed by atoms with Crippen LogP contribution < -0.4 is 10.1 Å². The van der Waals surface area contributed by atoms with E-state index in [4.69, 9.17) is 4.74 Å². The Balaban J connectivity index is 0.00000312. The average molecular weight is 393 g/mol. The molecule has 0 bridgehead atoms. The van der Waals surface area contributed by atoms with Crippen LogP contribution in [-0.4, -0.2) is 58.6 Å². The molecule has 2 rings (SSSR count). The minimum Gasteiger partial charge on any atom is -0.496 e. The molecule has 1 aromatic rings. The molecular weight excluding hydrogens is 368 g/mol. The molecule has 0 aliphatic carbocycles. The first-order valence-electron chi connectivity index (χ1n) is 7.94. The summed E-state index contributed by atoms with van der Waals surface area (Å²) in [6, 6.07) is 4.18. The van der Waals surface area contributed by atoms with Gasteiger partial charge in [0.15, 0.2) is 0 Å². The van der Waals surface area contributed by atoms with Crippen molar-refractivity contribution >= 4 is 28.4 Å². The van der Waals surface area contributed by atoms with E-state index in [2.05, 4.69) is 10.1 Å². The third kappa shape index (κ3) is 4.63. The fraction of sp³-hybridized carbons (Fsp3) is 0.562. The predicted octanol–water partition coefficient (Wildman–Crippen LogP) is 1.67. The number of nitrogens with one attached hydrogen (secondary N) is 1. The van der Waals surface area contributed by atoms with Gasteiger partial charge in [-0.05, 0) is 31.5 Å². The van der Waals surface area contributed by atoms with Crippen molar-refractivity contribution in [2.75, 3.05) is 33.9 Å². The highest BCUT2D eigenvalue weighted by molar-refractivity contribution is 7.89. The molecule has 1 unspecified atom stereocenters. The quantitative estimate of drug-likeness (QED) is 0.710. The van der Waals surface area contributed by atoms with Crippen LogP contribution in [0.15, 0.2) is 23.1 Å². The van der Waals surface area contributed by atoms with Crippen molar-refractivity contribution in [3.05, 3.63) is 23.8 Å². The number of nitrogens with zero attached hydrogens (tertiary/aromatic N) is 1. The van der Waals surface area contributed by atoms with E-state index in [9.17, 15) is 13.2 Å². The van der Waals surface area contributed by atoms with E-state index < -0.39 is 16.0 Å². The first-order chi connectivity index (χ1) is 11.5. The topological polar surface area (TPSA) is 84.9 Å². The van der Waals surface area contributed by atoms with Crippen molar-refractivity contribution in [3.63, 3.8) is 0 Å². The average Bonchev–Trinajstić information content (AvgIpc) is 3.12. The molecular formula is C16H25ClN2O5S. The van der Waals surface area contributed by atoms with Gasteiger partial charge in [0, 0.05) is 25.2 Å². The third-order valence-electron chi connectivity index (χ3n) is 4.07. The Labute approximate surface area is 155 Å². The standard InChI is InChI=1S/C16H24N2O5S.ClH/c1-4-9-18(12-7-8-17-11-12)24(20,21)13-5-6-14(16(19)23-3)15(10-13)22-2;/h5-6,10,12,17H,4,7-9,11H2,1-3H3;1H. The van der Waals surface area contributed by atoms with E-state index in [1.807, 2.05) is 6.92 Å². The fourth-order valence-electron chi connectivity index (χ4n) is 2.85. The number of esters is 1. The summed E-state index contributed by atoms with van der Waals surface area (Å²) < 4.78 is 37.5. The molecule has 142 valence electrons. The maximum absolute atomic E-state index is 13.1. The molecule has 1 saturated heterocycles. The van der Waals surface area contributed by atoms with Crippen molar-refractivity contribution in [1.82, 2.24) is 9.62 Å². The molecule has 1 aromatic carbocycles. The maximum Gasteiger partial charge on any atom is 0.341 e. The molecule has 0 amide bonds. The van der Waals surface area contributed by atoms with Crippen LogP contribution >= 0.6 is 12.4 Å². The summed E-state index contributed by atoms with van der Waals surface area (Å²) in [5.41, 5.74) is 0.198. The zero-order chi connectivity index (χ0) is 17.7. The van der Waals surface area contributed by atoms with Crippen molar-refractivity contribution in [1.29, 1.82) is 0 Å². The van der Waals surface area contributed by atoms with E-state index in [0.717, 1.165) is 19.4 Å². The van der Waals surface area contributed by atoms with E-state index in [1.54, 1.807) is 4.31 Å². The van der Waals surface area contributed by atoms with Crippen LogP contribution in [0.2, 0.25) is 0 Å². The highest BCUT2D eigenvalue weighted by Gasteiger charge is 2.33. The van der Waals surface area contributed by atoms with Gasteiger partial charge >= 0.3 is 5.97 Å². The highest BCUT2D eigenvalue weighted by atomic mass is 35.5. The Morgan fingerprint density at radius 3 is 2.60 bits per heavy atom. The minimum atomic E-state index is -3.67. The van der Waals surface area contributed by atoms with E-state index >= 15 is 0 Å². The lowest BCUT2D eigenvalue weighted by molar-refractivity contribution is 0.0597. The van der Waals surface area contributed by atoms with Crippen LogP contribution in [0, 0.1) is 0 Å². The van der Waals surface area contributed by atoms with E-state index in [0.29, 0.717) is 13.1 Å². The summed E-state index contributed by atoms with van der Waals surface area (Å²) in [6.07, 6.45) is 1.52. The van der Waals surface area contributed by atoms with Gasteiger partial charge < -0.3 is 14.8 Å². The van der Waals surface area contributed by atoms with Crippen LogP contribution in [0.25, 0.3) is 0 Å². The molecule has 1 aliphatic heterocycles. The number of methoxy groups -OCH3 is 2. The van der Waals surface area contributed by atoms with Gasteiger partial charge in [0.1, 0.15) is 11.3 Å². The van der Waals surface area contributed by atoms with Gasteiger partial charge in [0.05, 0.1) is 19.1 Å². The van der Waals surface area contributed by atoms with Crippen molar-refractivity contribution < 1.29 is 22.7 Å². The van der Waals surface area contributed by atoms with E-state index in [1.165, 1.54) is 32.4 Å². The lowest BCUT2D eigenvalue weighted by atomic mass is 10.2. The first kappa shape index (κ1) is 21.7. The molecule has 1 heterocycles. The zero-order valence-corrected chi connectivity index (χ0v) is 16.3. The summed E-state index contributed by atoms with van der Waals surface area (Å²) in [5, 5.41) is 3.20. The molecule has 1 aliphatic rings. The Bertz CT molecular complexity index is 690. The number of ether oxygens (including phenoxy) is 2. The van der Waals surface area contributed by atoms with Gasteiger partial charge in [-0.3, -0.25) is 0 Å². The molecule has 7 nitrogen and oxygen atoms in total. The lowest BCUT2D eigenvalue weighted by Gasteiger charge is -2.27. The van der Waals surface area contributed by atoms with E-state index in [-0.39, 0.29) is 34.7 Å². The second kappa shape index (κ2) is 9.38. The molecule has 9 heteroatoms. The SMILES string of the molecule is CCCN(C1CCNC1)S(=O)(=O)c1ccc(C(=O)OC)c(OC)c1.Cl. The first-order valence-corrected chi connectivity index (χ1v) is 9.38. The zero-order valence-electron chi connectivity index (χ0n) is 14.6. The largest absolute Gasteiger partial charge is 0.496 e. The lowest BCUT2D eigenvalue weighted by Crippen LogP contribution is -2.42. The maximum atomic E-state index is 13.1. The Hall–Kier alpha value is -1.35.